The molecule has 0 bridgehead atoms. The number of fused-ring (bicyclic) bond motifs is 3. The molecule has 3 atom stereocenters. The summed E-state index contributed by atoms with van der Waals surface area (Å²) in [5, 5.41) is 0. The van der Waals surface area contributed by atoms with Crippen LogP contribution in [0.25, 0.3) is 0 Å². The summed E-state index contributed by atoms with van der Waals surface area (Å²) >= 11 is 0. The zero-order chi connectivity index (χ0) is 21.3. The molecule has 0 radical (unpaired) electrons. The second-order valence-corrected chi connectivity index (χ2v) is 9.10. The van der Waals surface area contributed by atoms with E-state index in [0.717, 1.165) is 34.6 Å². The van der Waals surface area contributed by atoms with Gasteiger partial charge in [0.2, 0.25) is 5.91 Å². The summed E-state index contributed by atoms with van der Waals surface area (Å²) in [6.45, 7) is 3.22. The number of carbonyl (C=O) groups is 1. The molecule has 6 nitrogen and oxygen atoms in total. The Morgan fingerprint density at radius 1 is 1.13 bits per heavy atom. The average molecular weight is 429 g/mol. The number of carbonyl (C=O) groups excluding carboxylic acids is 1. The summed E-state index contributed by atoms with van der Waals surface area (Å²) in [6, 6.07) is 12.7. The van der Waals surface area contributed by atoms with E-state index in [9.17, 15) is 9.00 Å². The third-order valence-electron chi connectivity index (χ3n) is 5.98. The van der Waals surface area contributed by atoms with E-state index in [-0.39, 0.29) is 18.0 Å². The molecule has 30 heavy (non-hydrogen) atoms. The van der Waals surface area contributed by atoms with Crippen molar-refractivity contribution in [3.8, 4) is 11.5 Å². The van der Waals surface area contributed by atoms with Crippen molar-refractivity contribution >= 4 is 16.9 Å². The third kappa shape index (κ3) is 3.61. The molecule has 1 fully saturated rings. The zero-order valence-corrected chi connectivity index (χ0v) is 18.5. The summed E-state index contributed by atoms with van der Waals surface area (Å²) < 4.78 is 26.5. The van der Waals surface area contributed by atoms with Gasteiger partial charge in [-0.2, -0.15) is 0 Å². The first kappa shape index (κ1) is 20.9. The van der Waals surface area contributed by atoms with Crippen LogP contribution in [0.1, 0.15) is 36.9 Å². The molecule has 1 saturated heterocycles. The number of amides is 1. The Morgan fingerprint density at radius 2 is 1.90 bits per heavy atom. The van der Waals surface area contributed by atoms with Gasteiger partial charge in [-0.3, -0.25) is 4.79 Å². The van der Waals surface area contributed by atoms with Crippen molar-refractivity contribution in [2.24, 2.45) is 0 Å². The van der Waals surface area contributed by atoms with E-state index in [1.54, 1.807) is 14.2 Å². The molecule has 0 aliphatic carbocycles. The van der Waals surface area contributed by atoms with Gasteiger partial charge in [0.15, 0.2) is 0 Å². The van der Waals surface area contributed by atoms with Crippen LogP contribution in [0, 0.1) is 0 Å². The van der Waals surface area contributed by atoms with Gasteiger partial charge in [0.05, 0.1) is 25.2 Å². The lowest BCUT2D eigenvalue weighted by atomic mass is 9.88. The number of benzene rings is 2. The van der Waals surface area contributed by atoms with Crippen LogP contribution in [0.2, 0.25) is 0 Å². The number of ether oxygens (including phenoxy) is 2. The molecular weight excluding hydrogens is 400 g/mol. The predicted molar refractivity (Wildman–Crippen MR) is 116 cm³/mol. The van der Waals surface area contributed by atoms with Gasteiger partial charge in [-0.1, -0.05) is 31.5 Å². The molecule has 0 N–H and O–H groups in total. The fraction of sp³-hybridized carbons (Fsp3) is 0.435. The monoisotopic (exact) mass is 428 g/mol. The molecular formula is C23H28N2O4S. The highest BCUT2D eigenvalue weighted by Crippen LogP contribution is 2.43. The van der Waals surface area contributed by atoms with Crippen LogP contribution in [0.15, 0.2) is 47.4 Å². The first-order chi connectivity index (χ1) is 14.6. The van der Waals surface area contributed by atoms with Gasteiger partial charge < -0.3 is 14.4 Å². The van der Waals surface area contributed by atoms with Crippen molar-refractivity contribution in [3.63, 3.8) is 0 Å². The van der Waals surface area contributed by atoms with Gasteiger partial charge in [0.1, 0.15) is 28.5 Å². The fourth-order valence-electron chi connectivity index (χ4n) is 4.54. The summed E-state index contributed by atoms with van der Waals surface area (Å²) in [6.07, 6.45) is 2.30. The minimum absolute atomic E-state index is 0.0564. The molecule has 2 aromatic rings. The molecule has 160 valence electrons. The Balaban J connectivity index is 1.76. The molecule has 1 amide bonds. The summed E-state index contributed by atoms with van der Waals surface area (Å²) in [5.74, 6) is 1.52. The van der Waals surface area contributed by atoms with Gasteiger partial charge in [0.25, 0.3) is 0 Å². The quantitative estimate of drug-likeness (QED) is 0.708. The molecule has 2 aliphatic rings. The van der Waals surface area contributed by atoms with Crippen molar-refractivity contribution < 1.29 is 18.5 Å². The third-order valence-corrected chi connectivity index (χ3v) is 7.48. The Labute approximate surface area is 180 Å². The molecule has 7 heteroatoms. The largest absolute Gasteiger partial charge is 0.497 e. The maximum Gasteiger partial charge on any atom is 0.241 e. The lowest BCUT2D eigenvalue weighted by Gasteiger charge is -2.48. The minimum atomic E-state index is -1.41. The molecule has 0 saturated carbocycles. The van der Waals surface area contributed by atoms with E-state index in [1.165, 1.54) is 0 Å². The van der Waals surface area contributed by atoms with E-state index in [1.807, 2.05) is 51.7 Å². The van der Waals surface area contributed by atoms with Gasteiger partial charge in [0, 0.05) is 24.7 Å². The SMILES string of the molecule is CCCC1C(=O)N2CCc3cc(OC)cc(OC)c3C2CN1S(=O)c1ccccc1. The number of piperazine rings is 1. The van der Waals surface area contributed by atoms with E-state index >= 15 is 0 Å². The number of rotatable bonds is 6. The predicted octanol–water partition coefficient (Wildman–Crippen LogP) is 3.34. The maximum atomic E-state index is 13.5. The molecule has 2 aromatic carbocycles. The first-order valence-electron chi connectivity index (χ1n) is 10.4. The normalized spacial score (nSPS) is 22.2. The zero-order valence-electron chi connectivity index (χ0n) is 17.7. The smallest absolute Gasteiger partial charge is 0.241 e. The van der Waals surface area contributed by atoms with E-state index in [2.05, 4.69) is 6.92 Å². The second kappa shape index (κ2) is 8.78. The Hall–Kier alpha value is -2.38. The van der Waals surface area contributed by atoms with E-state index < -0.39 is 11.0 Å². The standard InChI is InChI=1S/C23H28N2O4S/c1-4-8-19-23(26)24-12-11-16-13-17(28-2)14-21(29-3)22(16)20(24)15-25(19)30(27)18-9-6-5-7-10-18/h5-7,9-10,13-14,19-20H,4,8,11-12,15H2,1-3H3. The summed E-state index contributed by atoms with van der Waals surface area (Å²) in [5.41, 5.74) is 2.13. The minimum Gasteiger partial charge on any atom is -0.497 e. The Bertz CT molecular complexity index is 932. The summed E-state index contributed by atoms with van der Waals surface area (Å²) in [4.78, 5) is 16.2. The van der Waals surface area contributed by atoms with Crippen LogP contribution in [-0.4, -0.2) is 52.7 Å². The molecule has 2 aliphatic heterocycles. The Kier molecular flexibility index (Phi) is 6.11. The maximum absolute atomic E-state index is 13.5. The summed E-state index contributed by atoms with van der Waals surface area (Å²) in [7, 11) is 1.87. The highest BCUT2D eigenvalue weighted by Gasteiger charge is 2.46. The average Bonchev–Trinajstić information content (AvgIpc) is 2.79. The van der Waals surface area contributed by atoms with Crippen LogP contribution in [0.4, 0.5) is 0 Å². The van der Waals surface area contributed by atoms with Crippen LogP contribution in [0.3, 0.4) is 0 Å². The van der Waals surface area contributed by atoms with Crippen molar-refractivity contribution in [1.29, 1.82) is 0 Å². The lowest BCUT2D eigenvalue weighted by Crippen LogP contribution is -2.60. The molecule has 0 spiro atoms. The molecule has 2 heterocycles. The van der Waals surface area contributed by atoms with Crippen molar-refractivity contribution in [3.05, 3.63) is 53.6 Å². The van der Waals surface area contributed by atoms with Gasteiger partial charge in [-0.05, 0) is 36.6 Å². The highest BCUT2D eigenvalue weighted by molar-refractivity contribution is 7.82. The van der Waals surface area contributed by atoms with E-state index in [4.69, 9.17) is 9.47 Å². The van der Waals surface area contributed by atoms with Crippen molar-refractivity contribution in [2.45, 2.75) is 43.2 Å². The number of hydrogen-bond acceptors (Lipinski definition) is 4. The van der Waals surface area contributed by atoms with Gasteiger partial charge >= 0.3 is 0 Å². The molecule has 0 aromatic heterocycles. The van der Waals surface area contributed by atoms with Crippen LogP contribution in [0.5, 0.6) is 11.5 Å². The highest BCUT2D eigenvalue weighted by atomic mass is 32.2. The van der Waals surface area contributed by atoms with Crippen LogP contribution in [-0.2, 0) is 22.2 Å². The van der Waals surface area contributed by atoms with Crippen LogP contribution < -0.4 is 9.47 Å². The van der Waals surface area contributed by atoms with Gasteiger partial charge in [-0.25, -0.2) is 8.51 Å². The van der Waals surface area contributed by atoms with Crippen molar-refractivity contribution in [1.82, 2.24) is 9.21 Å². The van der Waals surface area contributed by atoms with E-state index in [0.29, 0.717) is 25.3 Å². The van der Waals surface area contributed by atoms with Crippen molar-refractivity contribution in [2.75, 3.05) is 27.3 Å². The fourth-order valence-corrected chi connectivity index (χ4v) is 5.91. The topological polar surface area (TPSA) is 59.1 Å². The first-order valence-corrected chi connectivity index (χ1v) is 11.5. The molecule has 3 unspecified atom stereocenters. The van der Waals surface area contributed by atoms with Crippen LogP contribution >= 0.6 is 0 Å². The second-order valence-electron chi connectivity index (χ2n) is 7.67. The lowest BCUT2D eigenvalue weighted by molar-refractivity contribution is -0.143. The molecule has 4 rings (SSSR count). The number of methoxy groups -OCH3 is 2. The number of hydrogen-bond donors (Lipinski definition) is 0. The van der Waals surface area contributed by atoms with Gasteiger partial charge in [-0.15, -0.1) is 0 Å². The number of nitrogens with zero attached hydrogens (tertiary/aromatic N) is 2. The Morgan fingerprint density at radius 3 is 2.57 bits per heavy atom.